The lowest BCUT2D eigenvalue weighted by atomic mass is 9.70. The van der Waals surface area contributed by atoms with Crippen molar-refractivity contribution < 1.29 is 19.1 Å². The number of hydrogen-bond acceptors (Lipinski definition) is 4. The largest absolute Gasteiger partial charge is 0.465 e. The summed E-state index contributed by atoms with van der Waals surface area (Å²) in [5, 5.41) is 11.8. The van der Waals surface area contributed by atoms with Crippen molar-refractivity contribution in [3.05, 3.63) is 65.7 Å². The van der Waals surface area contributed by atoms with E-state index in [-0.39, 0.29) is 17.1 Å². The Hall–Kier alpha value is -3.46. The number of carbonyl (C=O) groups is 2. The molecule has 6 rings (SSSR count). The number of amides is 2. The van der Waals surface area contributed by atoms with Crippen LogP contribution in [0, 0.1) is 18.2 Å². The van der Waals surface area contributed by atoms with Crippen LogP contribution in [-0.2, 0) is 10.2 Å². The Morgan fingerprint density at radius 2 is 1.73 bits per heavy atom. The summed E-state index contributed by atoms with van der Waals surface area (Å²) in [7, 11) is 0. The van der Waals surface area contributed by atoms with Crippen molar-refractivity contribution in [2.24, 2.45) is 5.41 Å². The molecule has 0 saturated carbocycles. The molecule has 2 bridgehead atoms. The molecule has 2 N–H and O–H groups in total. The van der Waals surface area contributed by atoms with E-state index in [0.29, 0.717) is 31.2 Å². The number of halogens is 1. The number of para-hydroxylation sites is 2. The summed E-state index contributed by atoms with van der Waals surface area (Å²) in [6.07, 6.45) is 5.77. The molecule has 3 fully saturated rings. The lowest BCUT2D eigenvalue weighted by molar-refractivity contribution is -0.137. The van der Waals surface area contributed by atoms with Gasteiger partial charge in [0.05, 0.1) is 11.0 Å². The first-order valence-electron chi connectivity index (χ1n) is 16.2. The summed E-state index contributed by atoms with van der Waals surface area (Å²) in [6, 6.07) is 16.1. The second kappa shape index (κ2) is 11.8. The van der Waals surface area contributed by atoms with Gasteiger partial charge in [0.15, 0.2) is 0 Å². The molecule has 1 unspecified atom stereocenters. The van der Waals surface area contributed by atoms with Crippen LogP contribution in [-0.4, -0.2) is 74.2 Å². The molecule has 3 aliphatic heterocycles. The smallest absolute Gasteiger partial charge is 0.405 e. The SMILES string of the molecule is Cc1nc2ccccc2n1C1C[C@H]2CC[C@@H](C1)N2CCC1(c2cccc(F)c2)CCN(C(=O)[C@@H](NC(=O)O)C(C)(C)C)CC1. The lowest BCUT2D eigenvalue weighted by Crippen LogP contribution is -2.57. The molecule has 3 saturated heterocycles. The van der Waals surface area contributed by atoms with Crippen molar-refractivity contribution in [2.45, 2.75) is 102 Å². The third-order valence-electron chi connectivity index (χ3n) is 10.7. The number of rotatable bonds is 7. The highest BCUT2D eigenvalue weighted by Gasteiger charge is 2.45. The molecule has 3 aromatic rings. The first-order chi connectivity index (χ1) is 20.9. The zero-order valence-electron chi connectivity index (χ0n) is 26.4. The average molecular weight is 604 g/mol. The number of aromatic nitrogens is 2. The summed E-state index contributed by atoms with van der Waals surface area (Å²) in [5.41, 5.74) is 2.49. The van der Waals surface area contributed by atoms with Crippen LogP contribution in [0.4, 0.5) is 9.18 Å². The highest BCUT2D eigenvalue weighted by Crippen LogP contribution is 2.45. The van der Waals surface area contributed by atoms with Crippen LogP contribution in [0.25, 0.3) is 11.0 Å². The third-order valence-corrected chi connectivity index (χ3v) is 10.7. The van der Waals surface area contributed by atoms with Gasteiger partial charge in [0.2, 0.25) is 5.91 Å². The number of carboxylic acid groups (broad SMARTS) is 1. The maximum absolute atomic E-state index is 14.6. The van der Waals surface area contributed by atoms with Crippen molar-refractivity contribution in [3.8, 4) is 0 Å². The fraction of sp³-hybridized carbons (Fsp3) is 0.571. The molecule has 0 radical (unpaired) electrons. The Balaban J connectivity index is 1.18. The van der Waals surface area contributed by atoms with E-state index >= 15 is 0 Å². The Morgan fingerprint density at radius 3 is 2.36 bits per heavy atom. The van der Waals surface area contributed by atoms with E-state index in [1.54, 1.807) is 17.0 Å². The van der Waals surface area contributed by atoms with Crippen LogP contribution in [0.1, 0.15) is 83.1 Å². The number of nitrogens with one attached hydrogen (secondary N) is 1. The number of nitrogens with zero attached hydrogens (tertiary/aromatic N) is 4. The first-order valence-corrected chi connectivity index (χ1v) is 16.2. The molecule has 4 heterocycles. The third kappa shape index (κ3) is 5.83. The van der Waals surface area contributed by atoms with Gasteiger partial charge in [-0.15, -0.1) is 0 Å². The second-order valence-electron chi connectivity index (χ2n) is 14.4. The maximum Gasteiger partial charge on any atom is 0.405 e. The first kappa shape index (κ1) is 30.6. The molecule has 2 aromatic carbocycles. The summed E-state index contributed by atoms with van der Waals surface area (Å²) in [4.78, 5) is 34.4. The predicted molar refractivity (Wildman–Crippen MR) is 169 cm³/mol. The molecule has 0 spiro atoms. The minimum Gasteiger partial charge on any atom is -0.465 e. The fourth-order valence-electron chi connectivity index (χ4n) is 8.40. The van der Waals surface area contributed by atoms with Gasteiger partial charge >= 0.3 is 6.09 Å². The standard InChI is InChI=1S/C35H46FN5O3/c1-23-37-29-10-5-6-11-30(29)41(23)28-21-26-12-13-27(22-28)40(26)19-16-35(24-8-7-9-25(36)20-24)14-17-39(18-15-35)32(42)31(34(2,3)4)38-33(43)44/h5-11,20,26-28,31,38H,12-19,21-22H2,1-4H3,(H,43,44)/t26-,27+,28?,31-/m1/s1. The molecule has 236 valence electrons. The fourth-order valence-corrected chi connectivity index (χ4v) is 8.40. The van der Waals surface area contributed by atoms with E-state index in [2.05, 4.69) is 46.0 Å². The molecular formula is C35H46FN5O3. The zero-order chi connectivity index (χ0) is 31.2. The van der Waals surface area contributed by atoms with Crippen LogP contribution in [0.3, 0.4) is 0 Å². The van der Waals surface area contributed by atoms with Crippen molar-refractivity contribution in [2.75, 3.05) is 19.6 Å². The monoisotopic (exact) mass is 603 g/mol. The number of benzene rings is 2. The summed E-state index contributed by atoms with van der Waals surface area (Å²) in [5.74, 6) is 0.667. The topological polar surface area (TPSA) is 90.7 Å². The van der Waals surface area contributed by atoms with Gasteiger partial charge in [-0.25, -0.2) is 14.2 Å². The molecule has 8 nitrogen and oxygen atoms in total. The van der Waals surface area contributed by atoms with E-state index < -0.39 is 17.6 Å². The van der Waals surface area contributed by atoms with Gasteiger partial charge in [0.1, 0.15) is 17.7 Å². The summed E-state index contributed by atoms with van der Waals surface area (Å²) in [6.45, 7) is 9.73. The van der Waals surface area contributed by atoms with E-state index in [9.17, 15) is 19.1 Å². The Morgan fingerprint density at radius 1 is 1.05 bits per heavy atom. The predicted octanol–water partition coefficient (Wildman–Crippen LogP) is 6.28. The normalized spacial score (nSPS) is 24.4. The van der Waals surface area contributed by atoms with Gasteiger partial charge in [-0.3, -0.25) is 9.69 Å². The van der Waals surface area contributed by atoms with Crippen LogP contribution in [0.5, 0.6) is 0 Å². The maximum atomic E-state index is 14.6. The summed E-state index contributed by atoms with van der Waals surface area (Å²) < 4.78 is 17.0. The van der Waals surface area contributed by atoms with Crippen LogP contribution in [0.2, 0.25) is 0 Å². The number of likely N-dealkylation sites (tertiary alicyclic amines) is 1. The molecule has 44 heavy (non-hydrogen) atoms. The highest BCUT2D eigenvalue weighted by atomic mass is 19.1. The highest BCUT2D eigenvalue weighted by molar-refractivity contribution is 5.86. The minimum absolute atomic E-state index is 0.185. The number of piperidine rings is 2. The zero-order valence-corrected chi connectivity index (χ0v) is 26.4. The van der Waals surface area contributed by atoms with Gasteiger partial charge in [0.25, 0.3) is 0 Å². The minimum atomic E-state index is -1.20. The molecule has 3 aliphatic rings. The molecule has 1 aromatic heterocycles. The second-order valence-corrected chi connectivity index (χ2v) is 14.4. The molecule has 9 heteroatoms. The molecule has 2 amide bonds. The van der Waals surface area contributed by atoms with Crippen LogP contribution >= 0.6 is 0 Å². The quantitative estimate of drug-likeness (QED) is 0.332. The molecule has 0 aliphatic carbocycles. The number of carbonyl (C=O) groups excluding carboxylic acids is 1. The lowest BCUT2D eigenvalue weighted by Gasteiger charge is -2.46. The van der Waals surface area contributed by atoms with E-state index in [1.807, 2.05) is 26.8 Å². The van der Waals surface area contributed by atoms with E-state index in [0.717, 1.165) is 55.6 Å². The van der Waals surface area contributed by atoms with E-state index in [4.69, 9.17) is 4.98 Å². The Labute approximate surface area is 259 Å². The number of imidazole rings is 1. The summed E-state index contributed by atoms with van der Waals surface area (Å²) >= 11 is 0. The van der Waals surface area contributed by atoms with Crippen molar-refractivity contribution in [1.29, 1.82) is 0 Å². The van der Waals surface area contributed by atoms with Gasteiger partial charge in [-0.05, 0) is 99.1 Å². The van der Waals surface area contributed by atoms with Crippen LogP contribution < -0.4 is 5.32 Å². The van der Waals surface area contributed by atoms with Crippen molar-refractivity contribution in [1.82, 2.24) is 24.7 Å². The Kier molecular flexibility index (Phi) is 8.20. The number of aryl methyl sites for hydroxylation is 1. The van der Waals surface area contributed by atoms with Crippen LogP contribution in [0.15, 0.2) is 48.5 Å². The molecular weight excluding hydrogens is 557 g/mol. The van der Waals surface area contributed by atoms with Crippen molar-refractivity contribution in [3.63, 3.8) is 0 Å². The van der Waals surface area contributed by atoms with Gasteiger partial charge in [-0.2, -0.15) is 0 Å². The number of fused-ring (bicyclic) bond motifs is 3. The number of hydrogen-bond donors (Lipinski definition) is 2. The van der Waals surface area contributed by atoms with Gasteiger partial charge in [0, 0.05) is 31.2 Å². The van der Waals surface area contributed by atoms with E-state index in [1.165, 1.54) is 24.4 Å². The average Bonchev–Trinajstić information content (AvgIpc) is 3.44. The van der Waals surface area contributed by atoms with Crippen molar-refractivity contribution >= 4 is 23.0 Å². The van der Waals surface area contributed by atoms with Gasteiger partial charge in [-0.1, -0.05) is 45.0 Å². The molecule has 4 atom stereocenters. The Bertz CT molecular complexity index is 1510. The van der Waals surface area contributed by atoms with Gasteiger partial charge < -0.3 is 19.9 Å².